The number of hydrogen-bond acceptors (Lipinski definition) is 4. The van der Waals surface area contributed by atoms with Gasteiger partial charge in [-0.2, -0.15) is 0 Å². The van der Waals surface area contributed by atoms with Gasteiger partial charge in [-0.3, -0.25) is 9.97 Å². The van der Waals surface area contributed by atoms with E-state index >= 15 is 0 Å². The van der Waals surface area contributed by atoms with Crippen LogP contribution in [-0.4, -0.2) is 9.97 Å². The van der Waals surface area contributed by atoms with Gasteiger partial charge in [0.05, 0.1) is 11.4 Å². The van der Waals surface area contributed by atoms with Crippen molar-refractivity contribution in [2.24, 2.45) is 0 Å². The largest absolute Gasteiger partial charge is 0.308 e. The molecule has 1 aromatic heterocycles. The van der Waals surface area contributed by atoms with Crippen molar-refractivity contribution in [1.82, 2.24) is 9.97 Å². The van der Waals surface area contributed by atoms with Gasteiger partial charge < -0.3 is 9.80 Å². The minimum absolute atomic E-state index is 0.0145. The molecule has 10 rings (SSSR count). The summed E-state index contributed by atoms with van der Waals surface area (Å²) in [7, 11) is 0. The molecular weight excluding hydrogens is 825 g/mol. The molecule has 0 amide bonds. The molecule has 0 spiro atoms. The molecule has 1 heterocycles. The van der Waals surface area contributed by atoms with Crippen LogP contribution in [0.5, 0.6) is 0 Å². The predicted octanol–water partition coefficient (Wildman–Crippen LogP) is 17.5. The molecule has 0 aliphatic heterocycles. The summed E-state index contributed by atoms with van der Waals surface area (Å²) in [6.07, 6.45) is 16.0. The number of hydrogen-bond donors (Lipinski definition) is 0. The quantitative estimate of drug-likeness (QED) is 0.137. The lowest BCUT2D eigenvalue weighted by Gasteiger charge is -2.39. The Morgan fingerprint density at radius 2 is 0.676 bits per heavy atom. The van der Waals surface area contributed by atoms with Crippen LogP contribution < -0.4 is 9.80 Å². The number of anilines is 6. The van der Waals surface area contributed by atoms with Crippen LogP contribution in [0.1, 0.15) is 131 Å². The Balaban J connectivity index is 1.16. The zero-order chi connectivity index (χ0) is 47.2. The van der Waals surface area contributed by atoms with Gasteiger partial charge in [0.1, 0.15) is 11.0 Å². The molecular formula is C64H68N4. The monoisotopic (exact) mass is 893 g/mol. The Bertz CT molecular complexity index is 2870. The first-order valence-electron chi connectivity index (χ1n) is 25.3. The number of aromatic nitrogens is 2. The molecule has 2 fully saturated rings. The van der Waals surface area contributed by atoms with E-state index in [1.165, 1.54) is 131 Å². The van der Waals surface area contributed by atoms with Gasteiger partial charge in [0.25, 0.3) is 0 Å². The summed E-state index contributed by atoms with van der Waals surface area (Å²) in [4.78, 5) is 15.5. The van der Waals surface area contributed by atoms with Crippen LogP contribution in [-0.2, 0) is 10.8 Å². The van der Waals surface area contributed by atoms with E-state index in [9.17, 15) is 0 Å². The first-order valence-corrected chi connectivity index (χ1v) is 25.3. The fraction of sp³-hybridized carbons (Fsp3) is 0.312. The van der Waals surface area contributed by atoms with E-state index in [4.69, 9.17) is 9.97 Å². The Morgan fingerprint density at radius 1 is 0.338 bits per heavy atom. The minimum Gasteiger partial charge on any atom is -0.308 e. The Morgan fingerprint density at radius 3 is 1.03 bits per heavy atom. The molecule has 68 heavy (non-hydrogen) atoms. The van der Waals surface area contributed by atoms with E-state index < -0.39 is 0 Å². The van der Waals surface area contributed by atoms with Crippen LogP contribution in [0.2, 0.25) is 0 Å². The van der Waals surface area contributed by atoms with Crippen LogP contribution in [0.15, 0.2) is 146 Å². The molecule has 344 valence electrons. The summed E-state index contributed by atoms with van der Waals surface area (Å²) in [5, 5.41) is 0. The van der Waals surface area contributed by atoms with E-state index in [0.717, 1.165) is 45.2 Å². The molecule has 0 saturated heterocycles. The molecule has 4 heteroatoms. The fourth-order valence-electron chi connectivity index (χ4n) is 12.2. The third-order valence-corrected chi connectivity index (χ3v) is 16.9. The number of rotatable bonds is 10. The summed E-state index contributed by atoms with van der Waals surface area (Å²) in [6.45, 7) is 18.1. The molecule has 0 bridgehead atoms. The molecule has 4 nitrogen and oxygen atoms in total. The summed E-state index contributed by atoms with van der Waals surface area (Å²) in [6, 6.07) is 50.9. The van der Waals surface area contributed by atoms with Crippen molar-refractivity contribution in [3.05, 3.63) is 213 Å². The normalized spacial score (nSPS) is 15.6. The van der Waals surface area contributed by atoms with Gasteiger partial charge in [-0.15, -0.1) is 0 Å². The van der Waals surface area contributed by atoms with Crippen molar-refractivity contribution in [2.75, 3.05) is 9.80 Å². The SMILES string of the molecule is Cc1cc(N(c2ccc(C3(c4ccccc4)CCCCC3)cc2)c2ccc(N(c3ccc(C4(c5ccccc5)CCCCC4)cc3)c3cc(C)c(C)c(C)c3C)c3nccnc23)c(C)c(C)c1C. The van der Waals surface area contributed by atoms with Gasteiger partial charge >= 0.3 is 0 Å². The van der Waals surface area contributed by atoms with Crippen LogP contribution >= 0.6 is 0 Å². The predicted molar refractivity (Wildman–Crippen MR) is 287 cm³/mol. The zero-order valence-electron chi connectivity index (χ0n) is 41.7. The average molecular weight is 893 g/mol. The Labute approximate surface area is 406 Å². The van der Waals surface area contributed by atoms with E-state index in [2.05, 4.69) is 199 Å². The number of nitrogens with zero attached hydrogens (tertiary/aromatic N) is 4. The summed E-state index contributed by atoms with van der Waals surface area (Å²) < 4.78 is 0. The van der Waals surface area contributed by atoms with Crippen molar-refractivity contribution in [3.8, 4) is 0 Å². The minimum atomic E-state index is 0.0145. The fourth-order valence-corrected chi connectivity index (χ4v) is 12.2. The molecule has 7 aromatic carbocycles. The van der Waals surface area contributed by atoms with Gasteiger partial charge in [0.2, 0.25) is 0 Å². The lowest BCUT2D eigenvalue weighted by molar-refractivity contribution is 0.346. The molecule has 0 unspecified atom stereocenters. The first kappa shape index (κ1) is 45.3. The maximum absolute atomic E-state index is 5.28. The Hall–Kier alpha value is -6.52. The van der Waals surface area contributed by atoms with Crippen LogP contribution in [0.4, 0.5) is 34.1 Å². The molecule has 8 aromatic rings. The third kappa shape index (κ3) is 7.80. The molecule has 2 aliphatic rings. The number of aryl methyl sites for hydroxylation is 2. The topological polar surface area (TPSA) is 32.3 Å². The molecule has 0 radical (unpaired) electrons. The maximum atomic E-state index is 5.28. The van der Waals surface area contributed by atoms with Crippen molar-refractivity contribution in [3.63, 3.8) is 0 Å². The third-order valence-electron chi connectivity index (χ3n) is 16.9. The molecule has 2 aliphatic carbocycles. The standard InChI is InChI=1S/C64H68N4/c1-43-41-59(49(7)47(5)45(43)3)67(55-29-25-53(26-30-55)63(35-17-11-18-36-63)51-21-13-9-14-22-51)57-33-34-58(62-61(57)65-39-40-66-62)68(60-42-44(2)46(4)48(6)50(60)8)56-31-27-54(28-32-56)64(37-19-12-20-38-64)52-23-15-10-16-24-52/h9-10,13-16,21-34,39-42H,11-12,17-20,35-38H2,1-8H3. The second kappa shape index (κ2) is 18.5. The van der Waals surface area contributed by atoms with E-state index in [1.807, 2.05) is 12.4 Å². The summed E-state index contributed by atoms with van der Waals surface area (Å²) in [5.74, 6) is 0. The smallest absolute Gasteiger partial charge is 0.115 e. The second-order valence-electron chi connectivity index (χ2n) is 20.3. The lowest BCUT2D eigenvalue weighted by atomic mass is 9.65. The van der Waals surface area contributed by atoms with Crippen molar-refractivity contribution >= 4 is 45.2 Å². The molecule has 0 atom stereocenters. The highest BCUT2D eigenvalue weighted by Crippen LogP contribution is 2.50. The van der Waals surface area contributed by atoms with Crippen molar-refractivity contribution in [1.29, 1.82) is 0 Å². The molecule has 0 N–H and O–H groups in total. The van der Waals surface area contributed by atoms with Crippen LogP contribution in [0.25, 0.3) is 11.0 Å². The van der Waals surface area contributed by atoms with Crippen molar-refractivity contribution in [2.45, 2.75) is 130 Å². The van der Waals surface area contributed by atoms with Gasteiger partial charge in [0.15, 0.2) is 0 Å². The highest BCUT2D eigenvalue weighted by Gasteiger charge is 2.37. The van der Waals surface area contributed by atoms with Crippen LogP contribution in [0.3, 0.4) is 0 Å². The van der Waals surface area contributed by atoms with E-state index in [-0.39, 0.29) is 10.8 Å². The highest BCUT2D eigenvalue weighted by molar-refractivity contribution is 6.04. The Kier molecular flexibility index (Phi) is 12.3. The van der Waals surface area contributed by atoms with Gasteiger partial charge in [-0.1, -0.05) is 123 Å². The van der Waals surface area contributed by atoms with Gasteiger partial charge in [-0.25, -0.2) is 0 Å². The second-order valence-corrected chi connectivity index (χ2v) is 20.3. The average Bonchev–Trinajstić information content (AvgIpc) is 3.39. The number of benzene rings is 7. The molecule has 2 saturated carbocycles. The zero-order valence-corrected chi connectivity index (χ0v) is 41.7. The van der Waals surface area contributed by atoms with E-state index in [0.29, 0.717) is 0 Å². The van der Waals surface area contributed by atoms with Crippen LogP contribution in [0, 0.1) is 55.4 Å². The highest BCUT2D eigenvalue weighted by atomic mass is 15.2. The maximum Gasteiger partial charge on any atom is 0.115 e. The van der Waals surface area contributed by atoms with Crippen molar-refractivity contribution < 1.29 is 0 Å². The first-order chi connectivity index (χ1) is 33.0. The van der Waals surface area contributed by atoms with Gasteiger partial charge in [-0.05, 0) is 196 Å². The number of fused-ring (bicyclic) bond motifs is 1. The summed E-state index contributed by atoms with van der Waals surface area (Å²) >= 11 is 0. The lowest BCUT2D eigenvalue weighted by Crippen LogP contribution is -2.30. The van der Waals surface area contributed by atoms with E-state index in [1.54, 1.807) is 0 Å². The summed E-state index contributed by atoms with van der Waals surface area (Å²) in [5.41, 5.74) is 24.4. The van der Waals surface area contributed by atoms with Gasteiger partial charge in [0, 0.05) is 46.0 Å².